The summed E-state index contributed by atoms with van der Waals surface area (Å²) in [7, 11) is 4.46. The highest BCUT2D eigenvalue weighted by atomic mass is 79.9. The van der Waals surface area contributed by atoms with Gasteiger partial charge in [0, 0.05) is 5.56 Å². The summed E-state index contributed by atoms with van der Waals surface area (Å²) in [5.74, 6) is 1.22. The van der Waals surface area contributed by atoms with E-state index >= 15 is 0 Å². The zero-order valence-electron chi connectivity index (χ0n) is 15.3. The van der Waals surface area contributed by atoms with Crippen molar-refractivity contribution in [3.8, 4) is 17.2 Å². The average Bonchev–Trinajstić information content (AvgIpc) is 2.69. The minimum absolute atomic E-state index is 0.209. The first-order valence-corrected chi connectivity index (χ1v) is 8.83. The number of hydrogen-bond donors (Lipinski definition) is 1. The normalized spacial score (nSPS) is 10.5. The zero-order chi connectivity index (χ0) is 19.6. The number of carbonyl (C=O) groups excluding carboxylic acids is 1. The van der Waals surface area contributed by atoms with Crippen LogP contribution < -0.4 is 19.6 Å². The monoisotopic (exact) mass is 436 g/mol. The number of para-hydroxylation sites is 1. The van der Waals surface area contributed by atoms with Crippen LogP contribution in [0.3, 0.4) is 0 Å². The third kappa shape index (κ3) is 5.89. The van der Waals surface area contributed by atoms with Crippen molar-refractivity contribution >= 4 is 28.1 Å². The van der Waals surface area contributed by atoms with Crippen LogP contribution in [0.5, 0.6) is 17.2 Å². The van der Waals surface area contributed by atoms with E-state index in [1.165, 1.54) is 14.2 Å². The number of halogens is 1. The van der Waals surface area contributed by atoms with E-state index in [2.05, 4.69) is 31.2 Å². The number of hydrogen-bond acceptors (Lipinski definition) is 7. The van der Waals surface area contributed by atoms with E-state index in [1.54, 1.807) is 19.4 Å². The fourth-order valence-corrected chi connectivity index (χ4v) is 2.82. The van der Waals surface area contributed by atoms with Crippen LogP contribution in [0.15, 0.2) is 46.0 Å². The molecular formula is C19H21BrN2O5. The maximum atomic E-state index is 11.3. The van der Waals surface area contributed by atoms with Crippen molar-refractivity contribution in [1.29, 1.82) is 0 Å². The van der Waals surface area contributed by atoms with E-state index in [0.717, 1.165) is 16.9 Å². The van der Waals surface area contributed by atoms with Gasteiger partial charge in [0.2, 0.25) is 0 Å². The lowest BCUT2D eigenvalue weighted by atomic mass is 10.2. The molecule has 0 saturated carbocycles. The van der Waals surface area contributed by atoms with Crippen LogP contribution in [-0.4, -0.2) is 40.1 Å². The highest BCUT2D eigenvalue weighted by Gasteiger charge is 2.13. The van der Waals surface area contributed by atoms with Crippen molar-refractivity contribution in [2.24, 2.45) is 5.10 Å². The van der Waals surface area contributed by atoms with Gasteiger partial charge in [0.15, 0.2) is 18.1 Å². The standard InChI is InChI=1S/C19H21BrN2O5/c1-24-16-7-5-4-6-14(16)11-22-21-10-13-8-15(20)19(17(9-13)25-2)27-12-18(23)26-3/h4-10,22H,11-12H2,1-3H3/b21-10-. The first-order valence-electron chi connectivity index (χ1n) is 8.04. The maximum absolute atomic E-state index is 11.3. The molecule has 2 rings (SSSR count). The van der Waals surface area contributed by atoms with Gasteiger partial charge in [-0.05, 0) is 39.7 Å². The van der Waals surface area contributed by atoms with Crippen molar-refractivity contribution in [2.75, 3.05) is 27.9 Å². The van der Waals surface area contributed by atoms with Crippen molar-refractivity contribution in [2.45, 2.75) is 6.54 Å². The Bertz CT molecular complexity index is 811. The molecule has 0 amide bonds. The Balaban J connectivity index is 2.04. The molecule has 0 aromatic heterocycles. The Morgan fingerprint density at radius 3 is 2.59 bits per heavy atom. The summed E-state index contributed by atoms with van der Waals surface area (Å²) in [6.07, 6.45) is 1.66. The molecule has 2 aromatic carbocycles. The van der Waals surface area contributed by atoms with Crippen LogP contribution in [0.4, 0.5) is 0 Å². The molecule has 0 aliphatic carbocycles. The largest absolute Gasteiger partial charge is 0.496 e. The number of benzene rings is 2. The number of carbonyl (C=O) groups is 1. The molecule has 27 heavy (non-hydrogen) atoms. The summed E-state index contributed by atoms with van der Waals surface area (Å²) in [5.41, 5.74) is 4.78. The van der Waals surface area contributed by atoms with Crippen molar-refractivity contribution in [1.82, 2.24) is 5.43 Å². The molecule has 144 valence electrons. The van der Waals surface area contributed by atoms with Gasteiger partial charge in [-0.15, -0.1) is 0 Å². The number of hydrazone groups is 1. The quantitative estimate of drug-likeness (QED) is 0.369. The summed E-state index contributed by atoms with van der Waals surface area (Å²) in [4.78, 5) is 11.3. The summed E-state index contributed by atoms with van der Waals surface area (Å²) < 4.78 is 21.3. The minimum atomic E-state index is -0.477. The number of nitrogens with one attached hydrogen (secondary N) is 1. The van der Waals surface area contributed by atoms with Crippen LogP contribution in [-0.2, 0) is 16.1 Å². The van der Waals surface area contributed by atoms with Gasteiger partial charge in [0.05, 0.1) is 38.6 Å². The summed E-state index contributed by atoms with van der Waals surface area (Å²) in [6, 6.07) is 11.3. The molecule has 7 nitrogen and oxygen atoms in total. The van der Waals surface area contributed by atoms with Gasteiger partial charge in [-0.2, -0.15) is 5.10 Å². The highest BCUT2D eigenvalue weighted by molar-refractivity contribution is 9.10. The van der Waals surface area contributed by atoms with Crippen molar-refractivity contribution in [3.63, 3.8) is 0 Å². The molecule has 8 heteroatoms. The van der Waals surface area contributed by atoms with Gasteiger partial charge in [0.1, 0.15) is 5.75 Å². The van der Waals surface area contributed by atoms with Gasteiger partial charge < -0.3 is 24.4 Å². The smallest absolute Gasteiger partial charge is 0.343 e. The van der Waals surface area contributed by atoms with Crippen LogP contribution in [0, 0.1) is 0 Å². The lowest BCUT2D eigenvalue weighted by Crippen LogP contribution is -2.13. The second kappa shape index (κ2) is 10.4. The van der Waals surface area contributed by atoms with E-state index in [4.69, 9.17) is 14.2 Å². The van der Waals surface area contributed by atoms with E-state index in [9.17, 15) is 4.79 Å². The van der Waals surface area contributed by atoms with Gasteiger partial charge in [-0.25, -0.2) is 4.79 Å². The fraction of sp³-hybridized carbons (Fsp3) is 0.263. The molecule has 0 spiro atoms. The molecule has 0 aliphatic heterocycles. The Morgan fingerprint density at radius 2 is 1.89 bits per heavy atom. The van der Waals surface area contributed by atoms with E-state index in [1.807, 2.05) is 30.3 Å². The Labute approximate surface area is 166 Å². The van der Waals surface area contributed by atoms with Crippen LogP contribution in [0.2, 0.25) is 0 Å². The van der Waals surface area contributed by atoms with Gasteiger partial charge in [-0.3, -0.25) is 0 Å². The van der Waals surface area contributed by atoms with E-state index < -0.39 is 5.97 Å². The lowest BCUT2D eigenvalue weighted by Gasteiger charge is -2.12. The van der Waals surface area contributed by atoms with Gasteiger partial charge >= 0.3 is 5.97 Å². The lowest BCUT2D eigenvalue weighted by molar-refractivity contribution is -0.142. The van der Waals surface area contributed by atoms with Crippen molar-refractivity contribution < 1.29 is 23.7 Å². The summed E-state index contributed by atoms with van der Waals surface area (Å²) in [5, 5.41) is 4.22. The fourth-order valence-electron chi connectivity index (χ4n) is 2.24. The average molecular weight is 437 g/mol. The first-order chi connectivity index (χ1) is 13.1. The SMILES string of the molecule is COC(=O)COc1c(Br)cc(/C=N\NCc2ccccc2OC)cc1OC. The molecule has 0 unspecified atom stereocenters. The molecule has 0 saturated heterocycles. The third-order valence-corrected chi connectivity index (χ3v) is 4.17. The van der Waals surface area contributed by atoms with Crippen molar-refractivity contribution in [3.05, 3.63) is 52.0 Å². The second-order valence-electron chi connectivity index (χ2n) is 5.30. The molecule has 1 N–H and O–H groups in total. The first kappa shape index (κ1) is 20.6. The highest BCUT2D eigenvalue weighted by Crippen LogP contribution is 2.36. The molecule has 0 atom stereocenters. The van der Waals surface area contributed by atoms with E-state index in [0.29, 0.717) is 22.5 Å². The van der Waals surface area contributed by atoms with Gasteiger partial charge in [-0.1, -0.05) is 18.2 Å². The Morgan fingerprint density at radius 1 is 1.15 bits per heavy atom. The topological polar surface area (TPSA) is 78.4 Å². The number of ether oxygens (including phenoxy) is 4. The van der Waals surface area contributed by atoms with E-state index in [-0.39, 0.29) is 6.61 Å². The van der Waals surface area contributed by atoms with Crippen LogP contribution in [0.1, 0.15) is 11.1 Å². The molecule has 0 aliphatic rings. The Kier molecular flexibility index (Phi) is 7.94. The molecule has 0 bridgehead atoms. The number of rotatable bonds is 9. The minimum Gasteiger partial charge on any atom is -0.496 e. The molecular weight excluding hydrogens is 416 g/mol. The molecule has 0 heterocycles. The molecule has 0 radical (unpaired) electrons. The van der Waals surface area contributed by atoms with Crippen LogP contribution >= 0.6 is 15.9 Å². The Hall–Kier alpha value is -2.74. The predicted octanol–water partition coefficient (Wildman–Crippen LogP) is 3.14. The van der Waals surface area contributed by atoms with Gasteiger partial charge in [0.25, 0.3) is 0 Å². The third-order valence-electron chi connectivity index (χ3n) is 3.58. The number of esters is 1. The predicted molar refractivity (Wildman–Crippen MR) is 106 cm³/mol. The molecule has 2 aromatic rings. The molecule has 0 fully saturated rings. The summed E-state index contributed by atoms with van der Waals surface area (Å²) >= 11 is 3.42. The maximum Gasteiger partial charge on any atom is 0.343 e. The second-order valence-corrected chi connectivity index (χ2v) is 6.16. The number of nitrogens with zero attached hydrogens (tertiary/aromatic N) is 1. The zero-order valence-corrected chi connectivity index (χ0v) is 16.9. The van der Waals surface area contributed by atoms with Crippen LogP contribution in [0.25, 0.3) is 0 Å². The number of methoxy groups -OCH3 is 3. The summed E-state index contributed by atoms with van der Waals surface area (Å²) in [6.45, 7) is 0.318.